The lowest BCUT2D eigenvalue weighted by atomic mass is 10.2. The third kappa shape index (κ3) is 4.23. The van der Waals surface area contributed by atoms with Crippen molar-refractivity contribution in [2.24, 2.45) is 0 Å². The third-order valence-corrected chi connectivity index (χ3v) is 6.59. The Labute approximate surface area is 169 Å². The minimum atomic E-state index is -4.05. The number of nitrogens with zero attached hydrogens (tertiary/aromatic N) is 1. The number of ether oxygens (including phenoxy) is 1. The van der Waals surface area contributed by atoms with Gasteiger partial charge < -0.3 is 4.74 Å². The minimum absolute atomic E-state index is 0.0842. The average molecular weight is 445 g/mol. The first kappa shape index (κ1) is 20.4. The molecule has 1 N–H and O–H groups in total. The highest BCUT2D eigenvalue weighted by atomic mass is 35.5. The van der Waals surface area contributed by atoms with Gasteiger partial charge in [-0.25, -0.2) is 12.8 Å². The molecular formula is C17H14ClFN2O5S2. The summed E-state index contributed by atoms with van der Waals surface area (Å²) in [5, 5.41) is -0.225. The second-order valence-corrected chi connectivity index (χ2v) is 8.82. The topological polar surface area (TPSA) is 92.8 Å². The first-order valence-corrected chi connectivity index (χ1v) is 10.7. The van der Waals surface area contributed by atoms with Crippen molar-refractivity contribution in [1.82, 2.24) is 0 Å². The van der Waals surface area contributed by atoms with Gasteiger partial charge >= 0.3 is 5.97 Å². The summed E-state index contributed by atoms with van der Waals surface area (Å²) in [4.78, 5) is 25.6. The van der Waals surface area contributed by atoms with Gasteiger partial charge in [0.15, 0.2) is 0 Å². The number of halogens is 2. The number of fused-ring (bicyclic) bond motifs is 1. The van der Waals surface area contributed by atoms with Crippen LogP contribution in [0.3, 0.4) is 0 Å². The molecule has 0 saturated carbocycles. The first-order valence-electron chi connectivity index (χ1n) is 7.83. The molecule has 3 rings (SSSR count). The predicted octanol–water partition coefficient (Wildman–Crippen LogP) is 2.89. The van der Waals surface area contributed by atoms with Crippen LogP contribution in [0.5, 0.6) is 0 Å². The van der Waals surface area contributed by atoms with Gasteiger partial charge in [0.2, 0.25) is 5.91 Å². The maximum absolute atomic E-state index is 13.3. The number of carbonyl (C=O) groups is 2. The van der Waals surface area contributed by atoms with Crippen molar-refractivity contribution in [3.05, 3.63) is 47.2 Å². The number of anilines is 2. The first-order chi connectivity index (χ1) is 13.2. The van der Waals surface area contributed by atoms with Crippen LogP contribution in [-0.2, 0) is 24.3 Å². The number of methoxy groups -OCH3 is 1. The number of sulfonamides is 1. The molecule has 148 valence electrons. The van der Waals surface area contributed by atoms with E-state index < -0.39 is 21.8 Å². The van der Waals surface area contributed by atoms with Gasteiger partial charge in [0.05, 0.1) is 34.2 Å². The number of nitrogens with one attached hydrogen (secondary N) is 1. The quantitative estimate of drug-likeness (QED) is 0.713. The molecular weight excluding hydrogens is 431 g/mol. The highest BCUT2D eigenvalue weighted by molar-refractivity contribution is 8.00. The Bertz CT molecular complexity index is 1060. The van der Waals surface area contributed by atoms with Crippen LogP contribution in [0, 0.1) is 5.82 Å². The molecule has 1 amide bonds. The van der Waals surface area contributed by atoms with Gasteiger partial charge in [-0.3, -0.25) is 19.2 Å². The number of hydrogen-bond donors (Lipinski definition) is 1. The lowest BCUT2D eigenvalue weighted by Gasteiger charge is -2.28. The van der Waals surface area contributed by atoms with E-state index in [1.165, 1.54) is 42.0 Å². The second kappa shape index (κ2) is 7.98. The van der Waals surface area contributed by atoms with Crippen LogP contribution >= 0.6 is 23.4 Å². The van der Waals surface area contributed by atoms with Crippen LogP contribution in [-0.4, -0.2) is 39.7 Å². The van der Waals surface area contributed by atoms with Crippen molar-refractivity contribution in [3.8, 4) is 0 Å². The van der Waals surface area contributed by atoms with Crippen LogP contribution in [0.4, 0.5) is 15.8 Å². The predicted molar refractivity (Wildman–Crippen MR) is 104 cm³/mol. The average Bonchev–Trinajstić information content (AvgIpc) is 2.66. The number of carbonyl (C=O) groups excluding carboxylic acids is 2. The molecule has 0 aromatic heterocycles. The summed E-state index contributed by atoms with van der Waals surface area (Å²) in [5.41, 5.74) is 0.382. The number of amides is 1. The molecule has 11 heteroatoms. The molecule has 0 radical (unpaired) electrons. The fraction of sp³-hybridized carbons (Fsp3) is 0.176. The molecule has 2 aromatic rings. The zero-order chi connectivity index (χ0) is 20.5. The number of esters is 1. The molecule has 28 heavy (non-hydrogen) atoms. The number of benzene rings is 2. The van der Waals surface area contributed by atoms with Crippen LogP contribution in [0.2, 0.25) is 5.02 Å². The molecule has 0 aliphatic carbocycles. The molecule has 0 bridgehead atoms. The van der Waals surface area contributed by atoms with Gasteiger partial charge in [-0.1, -0.05) is 11.6 Å². The Morgan fingerprint density at radius 2 is 2.07 bits per heavy atom. The molecule has 0 spiro atoms. The van der Waals surface area contributed by atoms with E-state index in [2.05, 4.69) is 9.46 Å². The molecule has 1 heterocycles. The Hall–Kier alpha value is -2.30. The van der Waals surface area contributed by atoms with Crippen molar-refractivity contribution in [1.29, 1.82) is 0 Å². The fourth-order valence-electron chi connectivity index (χ4n) is 2.49. The summed E-state index contributed by atoms with van der Waals surface area (Å²) < 4.78 is 45.6. The van der Waals surface area contributed by atoms with E-state index in [-0.39, 0.29) is 33.8 Å². The van der Waals surface area contributed by atoms with Crippen molar-refractivity contribution < 1.29 is 27.1 Å². The lowest BCUT2D eigenvalue weighted by Crippen LogP contribution is -2.39. The van der Waals surface area contributed by atoms with Crippen LogP contribution < -0.4 is 9.62 Å². The highest BCUT2D eigenvalue weighted by Gasteiger charge is 2.29. The van der Waals surface area contributed by atoms with Crippen LogP contribution in [0.15, 0.2) is 46.2 Å². The van der Waals surface area contributed by atoms with Gasteiger partial charge in [-0.15, -0.1) is 11.8 Å². The molecule has 0 atom stereocenters. The summed E-state index contributed by atoms with van der Waals surface area (Å²) in [6.07, 6.45) is 0. The zero-order valence-corrected chi connectivity index (χ0v) is 16.8. The number of rotatable bonds is 5. The molecule has 7 nitrogen and oxygen atoms in total. The zero-order valence-electron chi connectivity index (χ0n) is 14.4. The summed E-state index contributed by atoms with van der Waals surface area (Å²) in [6.45, 7) is -0.326. The molecule has 1 aliphatic rings. The van der Waals surface area contributed by atoms with E-state index in [1.807, 2.05) is 0 Å². The maximum Gasteiger partial charge on any atom is 0.325 e. The van der Waals surface area contributed by atoms with Gasteiger partial charge in [0.25, 0.3) is 10.0 Å². The molecule has 2 aromatic carbocycles. The van der Waals surface area contributed by atoms with E-state index >= 15 is 0 Å². The molecule has 0 saturated heterocycles. The van der Waals surface area contributed by atoms with Crippen LogP contribution in [0.25, 0.3) is 0 Å². The summed E-state index contributed by atoms with van der Waals surface area (Å²) in [7, 11) is -2.85. The Morgan fingerprint density at radius 1 is 1.32 bits per heavy atom. The van der Waals surface area contributed by atoms with E-state index in [0.717, 1.165) is 12.1 Å². The summed E-state index contributed by atoms with van der Waals surface area (Å²) in [6, 6.07) is 7.67. The largest absolute Gasteiger partial charge is 0.468 e. The third-order valence-electron chi connectivity index (χ3n) is 3.87. The second-order valence-electron chi connectivity index (χ2n) is 5.71. The smallest absolute Gasteiger partial charge is 0.325 e. The molecule has 0 unspecified atom stereocenters. The van der Waals surface area contributed by atoms with Crippen molar-refractivity contribution in [2.75, 3.05) is 29.0 Å². The standard InChI is InChI=1S/C17H14ClFN2O5S2/c1-26-17(23)8-21-14-7-11(3-5-15(14)27-9-16(21)22)28(24,25)20-10-2-4-13(19)12(18)6-10/h2-7,20H,8-9H2,1H3. The molecule has 0 fully saturated rings. The van der Waals surface area contributed by atoms with Gasteiger partial charge in [-0.2, -0.15) is 0 Å². The van der Waals surface area contributed by atoms with Gasteiger partial charge in [-0.05, 0) is 36.4 Å². The Kier molecular flexibility index (Phi) is 5.82. The van der Waals surface area contributed by atoms with E-state index in [1.54, 1.807) is 6.07 Å². The van der Waals surface area contributed by atoms with Crippen molar-refractivity contribution in [3.63, 3.8) is 0 Å². The fourth-order valence-corrected chi connectivity index (χ4v) is 4.66. The van der Waals surface area contributed by atoms with E-state index in [9.17, 15) is 22.4 Å². The van der Waals surface area contributed by atoms with Gasteiger partial charge in [0.1, 0.15) is 12.4 Å². The number of hydrogen-bond acceptors (Lipinski definition) is 6. The normalized spacial score (nSPS) is 13.8. The van der Waals surface area contributed by atoms with Gasteiger partial charge in [0, 0.05) is 4.90 Å². The summed E-state index contributed by atoms with van der Waals surface area (Å²) >= 11 is 6.92. The van der Waals surface area contributed by atoms with E-state index in [0.29, 0.717) is 10.6 Å². The van der Waals surface area contributed by atoms with E-state index in [4.69, 9.17) is 11.6 Å². The highest BCUT2D eigenvalue weighted by Crippen LogP contribution is 2.37. The van der Waals surface area contributed by atoms with Crippen molar-refractivity contribution >= 4 is 56.6 Å². The SMILES string of the molecule is COC(=O)CN1C(=O)CSc2ccc(S(=O)(=O)Nc3ccc(F)c(Cl)c3)cc21. The lowest BCUT2D eigenvalue weighted by molar-refractivity contribution is -0.139. The monoisotopic (exact) mass is 444 g/mol. The minimum Gasteiger partial charge on any atom is -0.468 e. The Morgan fingerprint density at radius 3 is 2.75 bits per heavy atom. The van der Waals surface area contributed by atoms with Crippen LogP contribution in [0.1, 0.15) is 0 Å². The number of thioether (sulfide) groups is 1. The molecule has 1 aliphatic heterocycles. The van der Waals surface area contributed by atoms with Crippen molar-refractivity contribution in [2.45, 2.75) is 9.79 Å². The maximum atomic E-state index is 13.3. The summed E-state index contributed by atoms with van der Waals surface area (Å²) in [5.74, 6) is -1.51. The Balaban J connectivity index is 1.95.